The van der Waals surface area contributed by atoms with Crippen LogP contribution in [0.25, 0.3) is 10.8 Å². The molecule has 1 saturated heterocycles. The second kappa shape index (κ2) is 16.7. The van der Waals surface area contributed by atoms with Crippen molar-refractivity contribution >= 4 is 67.2 Å². The van der Waals surface area contributed by atoms with E-state index in [1.807, 2.05) is 31.2 Å². The third-order valence-corrected chi connectivity index (χ3v) is 10.9. The molecule has 1 aromatic heterocycles. The van der Waals surface area contributed by atoms with Crippen molar-refractivity contribution in [2.24, 2.45) is 0 Å². The number of carbonyl (C=O) groups excluding carboxylic acids is 2. The van der Waals surface area contributed by atoms with E-state index in [9.17, 15) is 31.2 Å². The van der Waals surface area contributed by atoms with Crippen LogP contribution in [0.3, 0.4) is 0 Å². The van der Waals surface area contributed by atoms with Crippen LogP contribution < -0.4 is 21.1 Å². The van der Waals surface area contributed by atoms with E-state index in [0.29, 0.717) is 65.1 Å². The first-order valence-corrected chi connectivity index (χ1v) is 18.4. The summed E-state index contributed by atoms with van der Waals surface area (Å²) in [7, 11) is -3.71. The van der Waals surface area contributed by atoms with Gasteiger partial charge in [0.1, 0.15) is 17.6 Å². The molecule has 2 heterocycles. The van der Waals surface area contributed by atoms with E-state index in [0.717, 1.165) is 10.8 Å². The first kappa shape index (κ1) is 40.7. The third-order valence-electron chi connectivity index (χ3n) is 8.34. The Labute approximate surface area is 309 Å². The number of hydrogen-bond acceptors (Lipinski definition) is 9. The number of alkyl halides is 3. The van der Waals surface area contributed by atoms with Gasteiger partial charge in [0.05, 0.1) is 27.8 Å². The molecule has 0 spiro atoms. The van der Waals surface area contributed by atoms with E-state index in [2.05, 4.69) is 15.6 Å². The maximum atomic E-state index is 14.7. The Morgan fingerprint density at radius 1 is 1.08 bits per heavy atom. The fraction of sp³-hybridized carbons (Fsp3) is 0.333. The fourth-order valence-electron chi connectivity index (χ4n) is 5.83. The molecular formula is C36H39ClF3N5O7S. The van der Waals surface area contributed by atoms with Gasteiger partial charge in [-0.05, 0) is 105 Å². The highest BCUT2D eigenvalue weighted by Gasteiger charge is 2.39. The molecule has 17 heteroatoms. The number of carboxylic acid groups (broad SMARTS) is 1. The smallest absolute Gasteiger partial charge is 0.490 e. The van der Waals surface area contributed by atoms with Gasteiger partial charge in [-0.1, -0.05) is 17.7 Å². The highest BCUT2D eigenvalue weighted by molar-refractivity contribution is 7.92. The lowest BCUT2D eigenvalue weighted by atomic mass is 10.0. The van der Waals surface area contributed by atoms with Gasteiger partial charge >= 0.3 is 12.1 Å². The van der Waals surface area contributed by atoms with E-state index < -0.39 is 39.3 Å². The Hall–Kier alpha value is -5.09. The first-order chi connectivity index (χ1) is 24.8. The lowest BCUT2D eigenvalue weighted by Crippen LogP contribution is -2.38. The number of sulfone groups is 1. The lowest BCUT2D eigenvalue weighted by Gasteiger charge is -2.32. The largest absolute Gasteiger partial charge is 0.492 e. The molecular weight excluding hydrogens is 739 g/mol. The molecule has 4 aromatic rings. The average molecular weight is 778 g/mol. The summed E-state index contributed by atoms with van der Waals surface area (Å²) in [5.74, 6) is -2.43. The zero-order valence-electron chi connectivity index (χ0n) is 29.2. The van der Waals surface area contributed by atoms with Crippen LogP contribution in [-0.2, 0) is 24.2 Å². The number of carbonyl (C=O) groups is 3. The number of fused-ring (bicyclic) bond motifs is 1. The van der Waals surface area contributed by atoms with Gasteiger partial charge in [-0.25, -0.2) is 18.2 Å². The summed E-state index contributed by atoms with van der Waals surface area (Å²) in [5, 5.41) is 14.7. The molecule has 1 fully saturated rings. The molecule has 2 atom stereocenters. The average Bonchev–Trinajstić information content (AvgIpc) is 3.58. The van der Waals surface area contributed by atoms with Crippen LogP contribution in [0.2, 0.25) is 5.02 Å². The monoisotopic (exact) mass is 777 g/mol. The number of pyridine rings is 1. The zero-order chi connectivity index (χ0) is 39.2. The summed E-state index contributed by atoms with van der Waals surface area (Å²) in [6.45, 7) is 7.30. The Morgan fingerprint density at radius 2 is 1.75 bits per heavy atom. The first-order valence-electron chi connectivity index (χ1n) is 16.4. The number of aromatic nitrogens is 1. The number of nitrogens with two attached hydrogens (primary N) is 1. The number of rotatable bonds is 10. The molecule has 1 aliphatic heterocycles. The summed E-state index contributed by atoms with van der Waals surface area (Å²) in [4.78, 5) is 41.5. The molecule has 0 saturated carbocycles. The number of carboxylic acids is 1. The number of anilines is 3. The minimum Gasteiger partial charge on any atom is -0.492 e. The number of benzene rings is 3. The molecule has 5 rings (SSSR count). The van der Waals surface area contributed by atoms with Gasteiger partial charge in [0, 0.05) is 36.4 Å². The number of nitrogens with one attached hydrogen (secondary N) is 2. The van der Waals surface area contributed by atoms with Crippen molar-refractivity contribution in [1.82, 2.24) is 9.88 Å². The van der Waals surface area contributed by atoms with E-state index in [1.165, 1.54) is 13.0 Å². The Kier molecular flexibility index (Phi) is 12.8. The van der Waals surface area contributed by atoms with E-state index >= 15 is 0 Å². The predicted molar refractivity (Wildman–Crippen MR) is 196 cm³/mol. The summed E-state index contributed by atoms with van der Waals surface area (Å²) in [5.41, 5.74) is 8.31. The Balaban J connectivity index is 0.000000815. The van der Waals surface area contributed by atoms with Crippen LogP contribution in [0.4, 0.5) is 30.4 Å². The van der Waals surface area contributed by atoms with Crippen LogP contribution in [0, 0.1) is 0 Å². The SMILES string of the molecule is CCOc1cc(C(Nc2ccc3c(N)nccc3c2)C(=O)N2CCCC2c2cc(NC(C)=O)ccc2S(=O)(=O)C(C)C)ccc1Cl.O=C(O)C(F)(F)F. The molecule has 0 aliphatic carbocycles. The van der Waals surface area contributed by atoms with Crippen molar-refractivity contribution in [1.29, 1.82) is 0 Å². The van der Waals surface area contributed by atoms with Crippen molar-refractivity contribution in [2.45, 2.75) is 68.9 Å². The van der Waals surface area contributed by atoms with E-state index in [-0.39, 0.29) is 16.7 Å². The molecule has 3 aromatic carbocycles. The number of hydrogen-bond donors (Lipinski definition) is 4. The van der Waals surface area contributed by atoms with E-state index in [1.54, 1.807) is 55.3 Å². The highest BCUT2D eigenvalue weighted by Crippen LogP contribution is 2.41. The topological polar surface area (TPSA) is 181 Å². The van der Waals surface area contributed by atoms with Gasteiger partial charge in [0.15, 0.2) is 9.84 Å². The molecule has 0 bridgehead atoms. The number of nitrogen functional groups attached to an aromatic ring is 1. The quantitative estimate of drug-likeness (QED) is 0.129. The second-order valence-corrected chi connectivity index (χ2v) is 15.2. The van der Waals surface area contributed by atoms with Crippen LogP contribution in [0.15, 0.2) is 71.8 Å². The van der Waals surface area contributed by atoms with Gasteiger partial charge in [-0.3, -0.25) is 9.59 Å². The molecule has 2 amide bonds. The summed E-state index contributed by atoms with van der Waals surface area (Å²) >= 11 is 6.42. The molecule has 284 valence electrons. The predicted octanol–water partition coefficient (Wildman–Crippen LogP) is 7.16. The Morgan fingerprint density at radius 3 is 2.38 bits per heavy atom. The van der Waals surface area contributed by atoms with Crippen molar-refractivity contribution in [3.63, 3.8) is 0 Å². The molecule has 1 aliphatic rings. The second-order valence-electron chi connectivity index (χ2n) is 12.4. The Bertz CT molecular complexity index is 2120. The maximum Gasteiger partial charge on any atom is 0.490 e. The number of halogens is 4. The van der Waals surface area contributed by atoms with E-state index in [4.69, 9.17) is 32.0 Å². The van der Waals surface area contributed by atoms with Crippen LogP contribution in [-0.4, -0.2) is 65.8 Å². The third kappa shape index (κ3) is 9.67. The maximum absolute atomic E-state index is 14.7. The number of ether oxygens (including phenoxy) is 1. The standard InChI is InChI=1S/C34H38ClN5O5S.C2HF3O2/c1-5-45-30-18-23(8-12-28(30)35)32(39-24-9-11-26-22(17-24)14-15-37-33(26)36)34(42)40-16-6-7-29(40)27-19-25(38-21(4)41)10-13-31(27)46(43,44)20(2)3;3-2(4,5)1(6)7/h8-15,17-20,29,32,39H,5-7,16H2,1-4H3,(H2,36,37)(H,38,41);(H,6,7). The number of amides is 2. The van der Waals surface area contributed by atoms with Crippen LogP contribution >= 0.6 is 11.6 Å². The molecule has 12 nitrogen and oxygen atoms in total. The van der Waals surface area contributed by atoms with Crippen molar-refractivity contribution in [2.75, 3.05) is 29.5 Å². The van der Waals surface area contributed by atoms with Crippen molar-refractivity contribution in [3.8, 4) is 5.75 Å². The van der Waals surface area contributed by atoms with Gasteiger partial charge in [0.25, 0.3) is 0 Å². The molecule has 53 heavy (non-hydrogen) atoms. The summed E-state index contributed by atoms with van der Waals surface area (Å²) in [6, 6.07) is 16.0. The molecule has 0 radical (unpaired) electrons. The summed E-state index contributed by atoms with van der Waals surface area (Å²) in [6.07, 6.45) is -2.23. The lowest BCUT2D eigenvalue weighted by molar-refractivity contribution is -0.192. The van der Waals surface area contributed by atoms with Gasteiger partial charge in [-0.2, -0.15) is 13.2 Å². The normalized spacial score (nSPS) is 15.0. The minimum absolute atomic E-state index is 0.150. The van der Waals surface area contributed by atoms with Crippen molar-refractivity contribution < 1.29 is 45.8 Å². The summed E-state index contributed by atoms with van der Waals surface area (Å²) < 4.78 is 64.6. The number of aliphatic carboxylic acids is 1. The van der Waals surface area contributed by atoms with Gasteiger partial charge < -0.3 is 31.1 Å². The molecule has 2 unspecified atom stereocenters. The number of likely N-dealkylation sites (tertiary alicyclic amines) is 1. The zero-order valence-corrected chi connectivity index (χ0v) is 30.8. The fourth-order valence-corrected chi connectivity index (χ4v) is 7.29. The number of nitrogens with zero attached hydrogens (tertiary/aromatic N) is 2. The molecule has 5 N–H and O–H groups in total. The van der Waals surface area contributed by atoms with Gasteiger partial charge in [-0.15, -0.1) is 0 Å². The van der Waals surface area contributed by atoms with Crippen molar-refractivity contribution in [3.05, 3.63) is 83.0 Å². The van der Waals surface area contributed by atoms with Crippen LogP contribution in [0.5, 0.6) is 5.75 Å². The minimum atomic E-state index is -5.08. The highest BCUT2D eigenvalue weighted by atomic mass is 35.5. The van der Waals surface area contributed by atoms with Crippen LogP contribution in [0.1, 0.15) is 63.7 Å². The van der Waals surface area contributed by atoms with Gasteiger partial charge in [0.2, 0.25) is 11.8 Å².